The van der Waals surface area contributed by atoms with Crippen LogP contribution in [0, 0.1) is 17.8 Å². The van der Waals surface area contributed by atoms with Crippen LogP contribution in [0.4, 0.5) is 0 Å². The molecule has 2 rings (SSSR count). The quantitative estimate of drug-likeness (QED) is 0.640. The number of carbonyl (C=O) groups excluding carboxylic acids is 1. The smallest absolute Gasteiger partial charge is 0.237 e. The van der Waals surface area contributed by atoms with Crippen molar-refractivity contribution < 1.29 is 4.79 Å². The van der Waals surface area contributed by atoms with E-state index in [4.69, 9.17) is 5.73 Å². The number of amides is 1. The van der Waals surface area contributed by atoms with Gasteiger partial charge in [-0.25, -0.2) is 0 Å². The van der Waals surface area contributed by atoms with Gasteiger partial charge in [0.2, 0.25) is 5.91 Å². The number of carbonyl (C=O) groups is 1. The van der Waals surface area contributed by atoms with Gasteiger partial charge in [-0.15, -0.1) is 0 Å². The van der Waals surface area contributed by atoms with Crippen molar-refractivity contribution in [1.29, 1.82) is 0 Å². The summed E-state index contributed by atoms with van der Waals surface area (Å²) in [5.41, 5.74) is 4.90. The fraction of sp³-hybridized carbons (Fsp3) is 0.941. The molecule has 0 heterocycles. The van der Waals surface area contributed by atoms with E-state index in [2.05, 4.69) is 17.3 Å². The normalized spacial score (nSPS) is 30.8. The Balaban J connectivity index is 1.61. The van der Waals surface area contributed by atoms with E-state index in [-0.39, 0.29) is 5.91 Å². The molecule has 0 aliphatic heterocycles. The average Bonchev–Trinajstić information content (AvgIpc) is 3.05. The highest BCUT2D eigenvalue weighted by molar-refractivity contribution is 5.84. The second-order valence-corrected chi connectivity index (χ2v) is 7.60. The third-order valence-corrected chi connectivity index (χ3v) is 5.99. The first-order valence-electron chi connectivity index (χ1n) is 8.62. The van der Waals surface area contributed by atoms with Crippen LogP contribution in [0.5, 0.6) is 0 Å². The van der Waals surface area contributed by atoms with Crippen molar-refractivity contribution in [2.45, 2.75) is 57.4 Å². The monoisotopic (exact) mass is 295 g/mol. The largest absolute Gasteiger partial charge is 0.368 e. The molecule has 1 amide bonds. The fourth-order valence-electron chi connectivity index (χ4n) is 4.32. The van der Waals surface area contributed by atoms with Crippen LogP contribution < -0.4 is 11.1 Å². The maximum atomic E-state index is 11.4. The molecule has 2 aliphatic rings. The Hall–Kier alpha value is -0.610. The lowest BCUT2D eigenvalue weighted by molar-refractivity contribution is -0.123. The van der Waals surface area contributed by atoms with Gasteiger partial charge in [-0.05, 0) is 83.8 Å². The van der Waals surface area contributed by atoms with E-state index in [9.17, 15) is 4.79 Å². The molecule has 4 atom stereocenters. The van der Waals surface area contributed by atoms with Crippen molar-refractivity contribution >= 4 is 5.91 Å². The lowest BCUT2D eigenvalue weighted by Crippen LogP contribution is -2.51. The first-order chi connectivity index (χ1) is 9.94. The molecule has 2 aliphatic carbocycles. The molecular formula is C17H33N3O. The van der Waals surface area contributed by atoms with Crippen LogP contribution in [0.25, 0.3) is 0 Å². The minimum atomic E-state index is -0.552. The van der Waals surface area contributed by atoms with Gasteiger partial charge in [-0.2, -0.15) is 0 Å². The predicted molar refractivity (Wildman–Crippen MR) is 86.9 cm³/mol. The number of nitrogens with one attached hydrogen (secondary N) is 1. The lowest BCUT2D eigenvalue weighted by atomic mass is 9.88. The molecule has 0 saturated heterocycles. The van der Waals surface area contributed by atoms with Crippen LogP contribution in [0.3, 0.4) is 0 Å². The molecule has 0 aromatic carbocycles. The zero-order valence-electron chi connectivity index (χ0n) is 14.0. The van der Waals surface area contributed by atoms with Crippen molar-refractivity contribution in [3.63, 3.8) is 0 Å². The number of fused-ring (bicyclic) bond motifs is 2. The molecule has 2 fully saturated rings. The summed E-state index contributed by atoms with van der Waals surface area (Å²) in [4.78, 5) is 13.9. The van der Waals surface area contributed by atoms with Crippen molar-refractivity contribution in [2.75, 3.05) is 27.2 Å². The zero-order chi connectivity index (χ0) is 15.5. The average molecular weight is 295 g/mol. The first-order valence-corrected chi connectivity index (χ1v) is 8.62. The van der Waals surface area contributed by atoms with Gasteiger partial charge in [0.25, 0.3) is 0 Å². The number of nitrogens with two attached hydrogens (primary N) is 1. The number of likely N-dealkylation sites (N-methyl/N-ethyl adjacent to an activating group) is 1. The maximum Gasteiger partial charge on any atom is 0.237 e. The number of hydrogen-bond acceptors (Lipinski definition) is 3. The van der Waals surface area contributed by atoms with Gasteiger partial charge in [0, 0.05) is 6.54 Å². The molecule has 122 valence electrons. The van der Waals surface area contributed by atoms with E-state index in [1.165, 1.54) is 32.2 Å². The highest BCUT2D eigenvalue weighted by Gasteiger charge is 2.39. The third kappa shape index (κ3) is 4.19. The van der Waals surface area contributed by atoms with Gasteiger partial charge in [-0.1, -0.05) is 6.42 Å². The fourth-order valence-corrected chi connectivity index (χ4v) is 4.32. The minimum Gasteiger partial charge on any atom is -0.368 e. The molecule has 4 unspecified atom stereocenters. The van der Waals surface area contributed by atoms with Gasteiger partial charge in [0.05, 0.1) is 5.54 Å². The summed E-state index contributed by atoms with van der Waals surface area (Å²) < 4.78 is 0. The molecular weight excluding hydrogens is 262 g/mol. The highest BCUT2D eigenvalue weighted by Crippen LogP contribution is 2.48. The van der Waals surface area contributed by atoms with Crippen LogP contribution in [0.2, 0.25) is 0 Å². The molecule has 4 heteroatoms. The summed E-state index contributed by atoms with van der Waals surface area (Å²) in [6, 6.07) is 0. The number of primary amides is 1. The van der Waals surface area contributed by atoms with Gasteiger partial charge >= 0.3 is 0 Å². The first kappa shape index (κ1) is 16.8. The molecule has 4 nitrogen and oxygen atoms in total. The standard InChI is InChI=1S/C17H33N3O/c1-17(19-2,16(18)21)8-4-5-9-20(3)12-15-11-13-6-7-14(15)10-13/h13-15,19H,4-12H2,1-3H3,(H2,18,21). The summed E-state index contributed by atoms with van der Waals surface area (Å²) in [7, 11) is 4.06. The predicted octanol–water partition coefficient (Wildman–Crippen LogP) is 1.99. The van der Waals surface area contributed by atoms with Crippen molar-refractivity contribution in [2.24, 2.45) is 23.5 Å². The summed E-state index contributed by atoms with van der Waals surface area (Å²) in [5.74, 6) is 2.75. The number of rotatable bonds is 9. The molecule has 0 aromatic rings. The van der Waals surface area contributed by atoms with Crippen molar-refractivity contribution in [3.8, 4) is 0 Å². The Labute approximate surface area is 129 Å². The minimum absolute atomic E-state index is 0.250. The van der Waals surface area contributed by atoms with Crippen LogP contribution in [0.15, 0.2) is 0 Å². The Bertz CT molecular complexity index is 360. The van der Waals surface area contributed by atoms with E-state index in [1.54, 1.807) is 0 Å². The number of hydrogen-bond donors (Lipinski definition) is 2. The van der Waals surface area contributed by atoms with E-state index >= 15 is 0 Å². The van der Waals surface area contributed by atoms with Crippen molar-refractivity contribution in [3.05, 3.63) is 0 Å². The van der Waals surface area contributed by atoms with E-state index < -0.39 is 5.54 Å². The Morgan fingerprint density at radius 3 is 2.62 bits per heavy atom. The second kappa shape index (κ2) is 7.10. The Morgan fingerprint density at radius 1 is 1.33 bits per heavy atom. The van der Waals surface area contributed by atoms with Crippen LogP contribution in [-0.2, 0) is 4.79 Å². The zero-order valence-corrected chi connectivity index (χ0v) is 14.0. The maximum absolute atomic E-state index is 11.4. The lowest BCUT2D eigenvalue weighted by Gasteiger charge is -2.28. The Morgan fingerprint density at radius 2 is 2.10 bits per heavy atom. The molecule has 0 spiro atoms. The van der Waals surface area contributed by atoms with Crippen LogP contribution in [-0.4, -0.2) is 43.5 Å². The van der Waals surface area contributed by atoms with E-state index in [0.29, 0.717) is 0 Å². The molecule has 2 saturated carbocycles. The van der Waals surface area contributed by atoms with E-state index in [1.807, 2.05) is 14.0 Å². The topological polar surface area (TPSA) is 58.4 Å². The highest BCUT2D eigenvalue weighted by atomic mass is 16.1. The number of unbranched alkanes of at least 4 members (excludes halogenated alkanes) is 1. The summed E-state index contributed by atoms with van der Waals surface area (Å²) in [6.07, 6.45) is 8.93. The molecule has 0 radical (unpaired) electrons. The molecule has 3 N–H and O–H groups in total. The van der Waals surface area contributed by atoms with Gasteiger partial charge in [0.15, 0.2) is 0 Å². The molecule has 0 aromatic heterocycles. The SMILES string of the molecule is CNC(C)(CCCCN(C)CC1CC2CCC1C2)C(N)=O. The van der Waals surface area contributed by atoms with Gasteiger partial charge in [0.1, 0.15) is 0 Å². The summed E-state index contributed by atoms with van der Waals surface area (Å²) in [5, 5.41) is 3.05. The molecule has 2 bridgehead atoms. The summed E-state index contributed by atoms with van der Waals surface area (Å²) in [6.45, 7) is 4.29. The molecule has 21 heavy (non-hydrogen) atoms. The van der Waals surface area contributed by atoms with Crippen LogP contribution >= 0.6 is 0 Å². The third-order valence-electron chi connectivity index (χ3n) is 5.99. The van der Waals surface area contributed by atoms with Gasteiger partial charge in [-0.3, -0.25) is 4.79 Å². The van der Waals surface area contributed by atoms with Gasteiger partial charge < -0.3 is 16.0 Å². The number of nitrogens with zero attached hydrogens (tertiary/aromatic N) is 1. The van der Waals surface area contributed by atoms with Crippen LogP contribution in [0.1, 0.15) is 51.9 Å². The second-order valence-electron chi connectivity index (χ2n) is 7.60. The van der Waals surface area contributed by atoms with E-state index in [0.717, 1.165) is 43.6 Å². The van der Waals surface area contributed by atoms with Crippen molar-refractivity contribution in [1.82, 2.24) is 10.2 Å². The Kier molecular flexibility index (Phi) is 5.67. The summed E-state index contributed by atoms with van der Waals surface area (Å²) >= 11 is 0.